The Hall–Kier alpha value is -2.83. The van der Waals surface area contributed by atoms with Crippen molar-refractivity contribution in [2.24, 2.45) is 5.84 Å². The first-order chi connectivity index (χ1) is 15.4. The normalized spacial score (nSPS) is 14.3. The van der Waals surface area contributed by atoms with Gasteiger partial charge in [0.15, 0.2) is 0 Å². The van der Waals surface area contributed by atoms with Crippen LogP contribution in [0.1, 0.15) is 36.3 Å². The number of nitrogen functional groups attached to an aromatic ring is 1. The first-order valence-electron chi connectivity index (χ1n) is 9.70. The zero-order valence-corrected chi connectivity index (χ0v) is 20.0. The maximum atomic E-state index is 11.7. The molecule has 0 radical (unpaired) electrons. The molecule has 2 aliphatic heterocycles. The topological polar surface area (TPSA) is 155 Å². The van der Waals surface area contributed by atoms with E-state index in [0.717, 1.165) is 37.9 Å². The van der Waals surface area contributed by atoms with Crippen molar-refractivity contribution in [1.29, 1.82) is 0 Å². The summed E-state index contributed by atoms with van der Waals surface area (Å²) in [7, 11) is 0. The number of nitrogens with one attached hydrogen (secondary N) is 4. The van der Waals surface area contributed by atoms with E-state index < -0.39 is 0 Å². The summed E-state index contributed by atoms with van der Waals surface area (Å²) in [5.41, 5.74) is 4.93. The van der Waals surface area contributed by atoms with Crippen LogP contribution in [0.4, 0.5) is 5.82 Å². The third-order valence-corrected chi connectivity index (χ3v) is 5.42. The minimum atomic E-state index is -0.138. The first kappa shape index (κ1) is 26.4. The van der Waals surface area contributed by atoms with E-state index in [1.807, 2.05) is 24.3 Å². The highest BCUT2D eigenvalue weighted by molar-refractivity contribution is 9.10. The summed E-state index contributed by atoms with van der Waals surface area (Å²) in [6.07, 6.45) is 1.43. The number of anilines is 1. The van der Waals surface area contributed by atoms with E-state index in [1.165, 1.54) is 0 Å². The van der Waals surface area contributed by atoms with E-state index in [0.29, 0.717) is 25.3 Å². The summed E-state index contributed by atoms with van der Waals surface area (Å²) < 4.78 is 1.55. The molecule has 1 saturated heterocycles. The van der Waals surface area contributed by atoms with Gasteiger partial charge < -0.3 is 21.0 Å². The number of Topliss-reactive ketones (excluding diaryl/α,β-unsaturated/α-hetero) is 1. The number of carbonyl (C=O) groups excluding carboxylic acids is 3. The second-order valence-corrected chi connectivity index (χ2v) is 8.44. The van der Waals surface area contributed by atoms with E-state index in [4.69, 9.17) is 5.84 Å². The highest BCUT2D eigenvalue weighted by Crippen LogP contribution is 2.24. The minimum absolute atomic E-state index is 0. The van der Waals surface area contributed by atoms with Crippen molar-refractivity contribution in [2.45, 2.75) is 26.7 Å². The van der Waals surface area contributed by atoms with E-state index in [2.05, 4.69) is 62.9 Å². The van der Waals surface area contributed by atoms with E-state index in [1.54, 1.807) is 6.07 Å². The van der Waals surface area contributed by atoms with Gasteiger partial charge in [-0.05, 0) is 56.1 Å². The molecule has 0 saturated carbocycles. The number of nitrogens with zero attached hydrogens (tertiary/aromatic N) is 2. The van der Waals surface area contributed by atoms with Crippen molar-refractivity contribution in [1.82, 2.24) is 25.6 Å². The SMILES string of the molecule is C.NNc1cccc(Br)n1.O=C1CCNC(=O)C1.O=C1NCCc2[nH]c3nc(Br)ccc3c21. The molecular weight excluding hydrogens is 558 g/mol. The molecule has 2 amide bonds. The molecule has 0 bridgehead atoms. The Morgan fingerprint density at radius 2 is 1.67 bits per heavy atom. The molecule has 3 aromatic heterocycles. The Labute approximate surface area is 207 Å². The first-order valence-corrected chi connectivity index (χ1v) is 11.3. The van der Waals surface area contributed by atoms with Crippen molar-refractivity contribution in [2.75, 3.05) is 18.5 Å². The molecule has 0 spiro atoms. The molecule has 1 fully saturated rings. The van der Waals surface area contributed by atoms with Crippen LogP contribution in [0.2, 0.25) is 0 Å². The van der Waals surface area contributed by atoms with Crippen LogP contribution in [0.25, 0.3) is 11.0 Å². The quantitative estimate of drug-likeness (QED) is 0.128. The van der Waals surface area contributed by atoms with Crippen LogP contribution in [0.3, 0.4) is 0 Å². The number of rotatable bonds is 1. The maximum absolute atomic E-state index is 11.7. The molecule has 0 atom stereocenters. The molecule has 6 N–H and O–H groups in total. The average Bonchev–Trinajstić information content (AvgIpc) is 3.13. The molecule has 10 nitrogen and oxygen atoms in total. The summed E-state index contributed by atoms with van der Waals surface area (Å²) in [6, 6.07) is 9.23. The second-order valence-electron chi connectivity index (χ2n) is 6.82. The fraction of sp³-hybridized carbons (Fsp3) is 0.286. The van der Waals surface area contributed by atoms with Gasteiger partial charge in [-0.25, -0.2) is 15.8 Å². The number of halogens is 2. The molecule has 5 rings (SSSR count). The number of hydrazine groups is 1. The van der Waals surface area contributed by atoms with Gasteiger partial charge in [-0.3, -0.25) is 14.4 Å². The Bertz CT molecular complexity index is 1140. The van der Waals surface area contributed by atoms with Gasteiger partial charge in [0.1, 0.15) is 26.5 Å². The average molecular weight is 583 g/mol. The number of nitrogens with two attached hydrogens (primary N) is 1. The number of aromatic amines is 1. The van der Waals surface area contributed by atoms with Crippen LogP contribution in [0, 0.1) is 0 Å². The van der Waals surface area contributed by atoms with Crippen molar-refractivity contribution < 1.29 is 14.4 Å². The fourth-order valence-electron chi connectivity index (χ4n) is 3.10. The van der Waals surface area contributed by atoms with Gasteiger partial charge in [0.05, 0.1) is 12.0 Å². The monoisotopic (exact) mass is 581 g/mol. The van der Waals surface area contributed by atoms with Gasteiger partial charge in [-0.1, -0.05) is 13.5 Å². The second kappa shape index (κ2) is 12.4. The largest absolute Gasteiger partial charge is 0.355 e. The maximum Gasteiger partial charge on any atom is 0.253 e. The highest BCUT2D eigenvalue weighted by atomic mass is 79.9. The van der Waals surface area contributed by atoms with Crippen molar-refractivity contribution >= 4 is 66.3 Å². The van der Waals surface area contributed by atoms with E-state index in [9.17, 15) is 14.4 Å². The summed E-state index contributed by atoms with van der Waals surface area (Å²) in [6.45, 7) is 1.22. The Morgan fingerprint density at radius 3 is 2.27 bits per heavy atom. The molecule has 3 aromatic rings. The van der Waals surface area contributed by atoms with Gasteiger partial charge in [0.2, 0.25) is 5.91 Å². The zero-order chi connectivity index (χ0) is 23.1. The van der Waals surface area contributed by atoms with E-state index >= 15 is 0 Å². The van der Waals surface area contributed by atoms with Gasteiger partial charge in [-0.15, -0.1) is 0 Å². The van der Waals surface area contributed by atoms with Gasteiger partial charge in [0.25, 0.3) is 5.91 Å². The lowest BCUT2D eigenvalue weighted by Gasteiger charge is -2.11. The fourth-order valence-corrected chi connectivity index (χ4v) is 3.75. The van der Waals surface area contributed by atoms with Crippen LogP contribution in [0.5, 0.6) is 0 Å². The van der Waals surface area contributed by atoms with Crippen LogP contribution in [-0.2, 0) is 16.0 Å². The number of carbonyl (C=O) groups is 3. The number of piperidine rings is 1. The number of amides is 2. The van der Waals surface area contributed by atoms with Crippen molar-refractivity contribution in [3.05, 3.63) is 50.8 Å². The molecule has 176 valence electrons. The highest BCUT2D eigenvalue weighted by Gasteiger charge is 2.22. The van der Waals surface area contributed by atoms with Crippen LogP contribution >= 0.6 is 31.9 Å². The van der Waals surface area contributed by atoms with Crippen LogP contribution in [-0.4, -0.2) is 45.6 Å². The zero-order valence-electron chi connectivity index (χ0n) is 16.9. The number of fused-ring (bicyclic) bond motifs is 3. The number of hydrogen-bond acceptors (Lipinski definition) is 7. The summed E-state index contributed by atoms with van der Waals surface area (Å²) in [4.78, 5) is 43.9. The molecule has 0 aromatic carbocycles. The van der Waals surface area contributed by atoms with Gasteiger partial charge in [0, 0.05) is 37.0 Å². The number of hydrogen-bond donors (Lipinski definition) is 5. The predicted molar refractivity (Wildman–Crippen MR) is 134 cm³/mol. The Balaban J connectivity index is 0.000000186. The van der Waals surface area contributed by atoms with E-state index in [-0.39, 0.29) is 31.4 Å². The Morgan fingerprint density at radius 1 is 0.939 bits per heavy atom. The lowest BCUT2D eigenvalue weighted by atomic mass is 10.1. The van der Waals surface area contributed by atoms with Gasteiger partial charge >= 0.3 is 0 Å². The predicted octanol–water partition coefficient (Wildman–Crippen LogP) is 2.84. The summed E-state index contributed by atoms with van der Waals surface area (Å²) in [5.74, 6) is 5.65. The molecule has 2 aliphatic rings. The number of pyridine rings is 2. The summed E-state index contributed by atoms with van der Waals surface area (Å²) in [5, 5.41) is 6.28. The number of aromatic nitrogens is 3. The molecule has 12 heteroatoms. The molecule has 0 unspecified atom stereocenters. The third kappa shape index (κ3) is 7.34. The standard InChI is InChI=1S/C10H8BrN3O.C5H6BrN3.C5H7NO2.CH4/c11-7-2-1-5-8-6(13-9(5)14-7)3-4-12-10(8)15;6-4-2-1-3-5(8-4)9-7;7-4-1-2-6-5(8)3-4;/h1-2H,3-4H2,(H,12,15)(H,13,14);1-3H,7H2,(H,8,9);1-3H2,(H,6,8);1H4. The summed E-state index contributed by atoms with van der Waals surface area (Å²) >= 11 is 6.51. The van der Waals surface area contributed by atoms with Crippen LogP contribution in [0.15, 0.2) is 39.5 Å². The van der Waals surface area contributed by atoms with Gasteiger partial charge in [-0.2, -0.15) is 0 Å². The number of H-pyrrole nitrogens is 1. The molecule has 5 heterocycles. The number of ketones is 1. The third-order valence-electron chi connectivity index (χ3n) is 4.54. The minimum Gasteiger partial charge on any atom is -0.355 e. The lowest BCUT2D eigenvalue weighted by Crippen LogP contribution is -2.33. The molecular formula is C21H25Br2N7O3. The van der Waals surface area contributed by atoms with Crippen molar-refractivity contribution in [3.8, 4) is 0 Å². The Kier molecular flexibility index (Phi) is 9.95. The lowest BCUT2D eigenvalue weighted by molar-refractivity contribution is -0.130. The van der Waals surface area contributed by atoms with Crippen molar-refractivity contribution in [3.63, 3.8) is 0 Å². The molecule has 0 aliphatic carbocycles. The van der Waals surface area contributed by atoms with Crippen LogP contribution < -0.4 is 21.9 Å². The smallest absolute Gasteiger partial charge is 0.253 e. The molecule has 33 heavy (non-hydrogen) atoms.